The van der Waals surface area contributed by atoms with Gasteiger partial charge >= 0.3 is 0 Å². The van der Waals surface area contributed by atoms with Gasteiger partial charge in [0.05, 0.1) is 0 Å². The fourth-order valence-electron chi connectivity index (χ4n) is 2.97. The lowest BCUT2D eigenvalue weighted by Gasteiger charge is -2.12. The van der Waals surface area contributed by atoms with Gasteiger partial charge in [0.15, 0.2) is 0 Å². The minimum absolute atomic E-state index is 0. The van der Waals surface area contributed by atoms with E-state index in [9.17, 15) is 4.79 Å². The fraction of sp³-hybridized carbons (Fsp3) is 0.471. The molecule has 25 heavy (non-hydrogen) atoms. The highest BCUT2D eigenvalue weighted by molar-refractivity contribution is 5.85. The summed E-state index contributed by atoms with van der Waals surface area (Å²) in [5.74, 6) is 2.45. The monoisotopic (exact) mass is 385 g/mol. The number of nitrogens with zero attached hydrogens (tertiary/aromatic N) is 3. The number of carbonyl (C=O) groups is 1. The van der Waals surface area contributed by atoms with E-state index in [1.54, 1.807) is 12.4 Å². The third-order valence-corrected chi connectivity index (χ3v) is 4.34. The van der Waals surface area contributed by atoms with Gasteiger partial charge in [0, 0.05) is 37.1 Å². The Kier molecular flexibility index (Phi) is 8.89. The van der Waals surface area contributed by atoms with Gasteiger partial charge in [-0.1, -0.05) is 6.07 Å². The molecule has 3 heterocycles. The standard InChI is InChI=1S/C17H23N5O.2ClH/c1-13-19-9-10-22(13)17-15(3-2-7-20-17)12-21-16(23)5-4-14-6-8-18-11-14;;/h2-3,7,9-10,14,18H,4-6,8,11-12H2,1H3,(H,21,23);2*1H. The Hall–Kier alpha value is -1.63. The number of pyridine rings is 1. The summed E-state index contributed by atoms with van der Waals surface area (Å²) in [5.41, 5.74) is 0.990. The van der Waals surface area contributed by atoms with Crippen molar-refractivity contribution in [3.8, 4) is 5.82 Å². The van der Waals surface area contributed by atoms with Crippen molar-refractivity contribution in [2.45, 2.75) is 32.7 Å². The SMILES string of the molecule is Cc1nccn1-c1ncccc1CNC(=O)CCC1CCNC1.Cl.Cl. The van der Waals surface area contributed by atoms with Crippen LogP contribution in [-0.2, 0) is 11.3 Å². The van der Waals surface area contributed by atoms with Crippen LogP contribution in [0.3, 0.4) is 0 Å². The third-order valence-electron chi connectivity index (χ3n) is 4.34. The number of hydrogen-bond donors (Lipinski definition) is 2. The van der Waals surface area contributed by atoms with Gasteiger partial charge in [-0.15, -0.1) is 24.8 Å². The van der Waals surface area contributed by atoms with E-state index in [1.807, 2.05) is 29.8 Å². The van der Waals surface area contributed by atoms with E-state index >= 15 is 0 Å². The van der Waals surface area contributed by atoms with E-state index in [-0.39, 0.29) is 30.7 Å². The molecule has 2 aromatic rings. The molecule has 1 amide bonds. The first-order chi connectivity index (χ1) is 11.2. The topological polar surface area (TPSA) is 71.8 Å². The average Bonchev–Trinajstić information content (AvgIpc) is 3.22. The molecule has 1 fully saturated rings. The van der Waals surface area contributed by atoms with Gasteiger partial charge in [-0.2, -0.15) is 0 Å². The zero-order valence-corrected chi connectivity index (χ0v) is 15.9. The summed E-state index contributed by atoms with van der Waals surface area (Å²) in [6.07, 6.45) is 8.12. The summed E-state index contributed by atoms with van der Waals surface area (Å²) in [6, 6.07) is 3.88. The molecular formula is C17H25Cl2N5O. The summed E-state index contributed by atoms with van der Waals surface area (Å²) >= 11 is 0. The Morgan fingerprint density at radius 2 is 2.20 bits per heavy atom. The molecule has 0 saturated carbocycles. The highest BCUT2D eigenvalue weighted by atomic mass is 35.5. The predicted molar refractivity (Wildman–Crippen MR) is 103 cm³/mol. The molecule has 138 valence electrons. The van der Waals surface area contributed by atoms with Gasteiger partial charge < -0.3 is 10.6 Å². The molecule has 1 saturated heterocycles. The van der Waals surface area contributed by atoms with Crippen molar-refractivity contribution < 1.29 is 4.79 Å². The Bertz CT molecular complexity index is 671. The summed E-state index contributed by atoms with van der Waals surface area (Å²) in [4.78, 5) is 20.7. The summed E-state index contributed by atoms with van der Waals surface area (Å²) in [5, 5.41) is 6.35. The smallest absolute Gasteiger partial charge is 0.220 e. The third kappa shape index (κ3) is 5.70. The number of hydrogen-bond acceptors (Lipinski definition) is 4. The summed E-state index contributed by atoms with van der Waals surface area (Å²) in [7, 11) is 0. The van der Waals surface area contributed by atoms with Gasteiger partial charge in [0.2, 0.25) is 5.91 Å². The molecule has 1 atom stereocenters. The Labute approximate surface area is 160 Å². The maximum Gasteiger partial charge on any atom is 0.220 e. The lowest BCUT2D eigenvalue weighted by Crippen LogP contribution is -2.24. The maximum absolute atomic E-state index is 12.1. The quantitative estimate of drug-likeness (QED) is 0.800. The highest BCUT2D eigenvalue weighted by Crippen LogP contribution is 2.15. The molecule has 6 nitrogen and oxygen atoms in total. The van der Waals surface area contributed by atoms with Crippen molar-refractivity contribution >= 4 is 30.7 Å². The van der Waals surface area contributed by atoms with Crippen molar-refractivity contribution in [2.24, 2.45) is 5.92 Å². The Balaban J connectivity index is 0.00000156. The van der Waals surface area contributed by atoms with Crippen LogP contribution in [0, 0.1) is 12.8 Å². The second-order valence-electron chi connectivity index (χ2n) is 6.00. The largest absolute Gasteiger partial charge is 0.352 e. The molecule has 0 aromatic carbocycles. The first kappa shape index (κ1) is 21.4. The second-order valence-corrected chi connectivity index (χ2v) is 6.00. The van der Waals surface area contributed by atoms with E-state index in [1.165, 1.54) is 6.42 Å². The number of amides is 1. The van der Waals surface area contributed by atoms with Crippen LogP contribution in [0.1, 0.15) is 30.7 Å². The zero-order chi connectivity index (χ0) is 16.1. The number of halogens is 2. The molecule has 1 aliphatic rings. The number of imidazole rings is 1. The van der Waals surface area contributed by atoms with Gasteiger partial charge in [-0.3, -0.25) is 9.36 Å². The number of nitrogens with one attached hydrogen (secondary N) is 2. The normalized spacial score (nSPS) is 16.0. The van der Waals surface area contributed by atoms with Crippen molar-refractivity contribution in [1.29, 1.82) is 0 Å². The van der Waals surface area contributed by atoms with Crippen LogP contribution >= 0.6 is 24.8 Å². The van der Waals surface area contributed by atoms with E-state index in [4.69, 9.17) is 0 Å². The van der Waals surface area contributed by atoms with Crippen LogP contribution in [-0.4, -0.2) is 33.5 Å². The summed E-state index contributed by atoms with van der Waals surface area (Å²) < 4.78 is 1.94. The van der Waals surface area contributed by atoms with E-state index in [0.29, 0.717) is 18.9 Å². The zero-order valence-electron chi connectivity index (χ0n) is 14.3. The van der Waals surface area contributed by atoms with E-state index in [0.717, 1.165) is 36.7 Å². The lowest BCUT2D eigenvalue weighted by atomic mass is 10.0. The van der Waals surface area contributed by atoms with Crippen molar-refractivity contribution in [2.75, 3.05) is 13.1 Å². The minimum Gasteiger partial charge on any atom is -0.352 e. The van der Waals surface area contributed by atoms with Crippen LogP contribution in [0.2, 0.25) is 0 Å². The van der Waals surface area contributed by atoms with Gasteiger partial charge in [0.1, 0.15) is 11.6 Å². The minimum atomic E-state index is 0. The number of aromatic nitrogens is 3. The average molecular weight is 386 g/mol. The van der Waals surface area contributed by atoms with E-state index in [2.05, 4.69) is 20.6 Å². The number of carbonyl (C=O) groups excluding carboxylic acids is 1. The predicted octanol–water partition coefficient (Wildman–Crippen LogP) is 2.43. The molecule has 1 unspecified atom stereocenters. The van der Waals surface area contributed by atoms with Crippen molar-refractivity contribution in [3.05, 3.63) is 42.1 Å². The molecule has 0 bridgehead atoms. The van der Waals surface area contributed by atoms with Gasteiger partial charge in [-0.05, 0) is 44.8 Å². The molecule has 0 radical (unpaired) electrons. The second kappa shape index (κ2) is 10.4. The van der Waals surface area contributed by atoms with Gasteiger partial charge in [0.25, 0.3) is 0 Å². The Morgan fingerprint density at radius 1 is 1.36 bits per heavy atom. The fourth-order valence-corrected chi connectivity index (χ4v) is 2.97. The Morgan fingerprint density at radius 3 is 2.88 bits per heavy atom. The summed E-state index contributed by atoms with van der Waals surface area (Å²) in [6.45, 7) is 4.55. The molecule has 0 aliphatic carbocycles. The first-order valence-electron chi connectivity index (χ1n) is 8.15. The van der Waals surface area contributed by atoms with Gasteiger partial charge in [-0.25, -0.2) is 9.97 Å². The molecular weight excluding hydrogens is 361 g/mol. The highest BCUT2D eigenvalue weighted by Gasteiger charge is 2.16. The number of aryl methyl sites for hydroxylation is 1. The van der Waals surface area contributed by atoms with Crippen molar-refractivity contribution in [3.63, 3.8) is 0 Å². The van der Waals surface area contributed by atoms with Crippen molar-refractivity contribution in [1.82, 2.24) is 25.2 Å². The van der Waals surface area contributed by atoms with Crippen LogP contribution in [0.5, 0.6) is 0 Å². The van der Waals surface area contributed by atoms with E-state index < -0.39 is 0 Å². The van der Waals surface area contributed by atoms with Crippen LogP contribution in [0.15, 0.2) is 30.7 Å². The molecule has 2 aromatic heterocycles. The molecule has 0 spiro atoms. The van der Waals surface area contributed by atoms with Crippen LogP contribution in [0.25, 0.3) is 5.82 Å². The molecule has 3 rings (SSSR count). The number of rotatable bonds is 6. The first-order valence-corrected chi connectivity index (χ1v) is 8.15. The van der Waals surface area contributed by atoms with Crippen LogP contribution < -0.4 is 10.6 Å². The van der Waals surface area contributed by atoms with Crippen LogP contribution in [0.4, 0.5) is 0 Å². The lowest BCUT2D eigenvalue weighted by molar-refractivity contribution is -0.121. The maximum atomic E-state index is 12.1. The molecule has 1 aliphatic heterocycles. The molecule has 2 N–H and O–H groups in total. The molecule has 8 heteroatoms.